The van der Waals surface area contributed by atoms with E-state index in [2.05, 4.69) is 10.6 Å². The lowest BCUT2D eigenvalue weighted by Crippen LogP contribution is -2.62. The number of rotatable bonds is 9. The van der Waals surface area contributed by atoms with Crippen LogP contribution < -0.4 is 10.6 Å². The van der Waals surface area contributed by atoms with E-state index >= 15 is 0 Å². The molecular formula is C34H45FN4O6. The van der Waals surface area contributed by atoms with Gasteiger partial charge in [-0.1, -0.05) is 42.5 Å². The zero-order valence-corrected chi connectivity index (χ0v) is 27.0. The summed E-state index contributed by atoms with van der Waals surface area (Å²) in [5.41, 5.74) is -1.31. The number of nitrogens with zero attached hydrogens (tertiary/aromatic N) is 2. The van der Waals surface area contributed by atoms with Gasteiger partial charge >= 0.3 is 6.09 Å². The monoisotopic (exact) mass is 624 g/mol. The van der Waals surface area contributed by atoms with Gasteiger partial charge in [0, 0.05) is 32.6 Å². The van der Waals surface area contributed by atoms with Crippen molar-refractivity contribution >= 4 is 23.8 Å². The SMILES string of the molecule is CN1CC(c2ccc(F)cc2)C2(CCCN(C(=O)[C@@H](COCc3ccccc3)NC(=O)C(C)(C)NC(=O)OC(C)(C)C)C2)C1=O. The fourth-order valence-corrected chi connectivity index (χ4v) is 6.13. The van der Waals surface area contributed by atoms with Crippen LogP contribution in [0.3, 0.4) is 0 Å². The van der Waals surface area contributed by atoms with Crippen LogP contribution >= 0.6 is 0 Å². The van der Waals surface area contributed by atoms with Gasteiger partial charge in [-0.05, 0) is 70.7 Å². The number of hydrogen-bond acceptors (Lipinski definition) is 6. The summed E-state index contributed by atoms with van der Waals surface area (Å²) in [7, 11) is 1.74. The highest BCUT2D eigenvalue weighted by Gasteiger charge is 2.56. The molecule has 244 valence electrons. The third-order valence-corrected chi connectivity index (χ3v) is 8.38. The Morgan fingerprint density at radius 3 is 2.36 bits per heavy atom. The second kappa shape index (κ2) is 13.6. The molecule has 0 aromatic heterocycles. The van der Waals surface area contributed by atoms with Crippen LogP contribution in [0.2, 0.25) is 0 Å². The van der Waals surface area contributed by atoms with Crippen LogP contribution in [0.25, 0.3) is 0 Å². The van der Waals surface area contributed by atoms with Gasteiger partial charge in [-0.3, -0.25) is 14.4 Å². The van der Waals surface area contributed by atoms with E-state index in [-0.39, 0.29) is 43.3 Å². The van der Waals surface area contributed by atoms with Crippen molar-refractivity contribution in [3.05, 3.63) is 71.5 Å². The predicted molar refractivity (Wildman–Crippen MR) is 167 cm³/mol. The first-order valence-electron chi connectivity index (χ1n) is 15.3. The number of alkyl carbamates (subject to hydrolysis) is 1. The molecule has 11 heteroatoms. The Morgan fingerprint density at radius 1 is 1.04 bits per heavy atom. The summed E-state index contributed by atoms with van der Waals surface area (Å²) >= 11 is 0. The third kappa shape index (κ3) is 8.19. The highest BCUT2D eigenvalue weighted by atomic mass is 19.1. The molecule has 2 saturated heterocycles. The number of piperidine rings is 1. The number of carbonyl (C=O) groups excluding carboxylic acids is 4. The van der Waals surface area contributed by atoms with Gasteiger partial charge in [0.05, 0.1) is 18.6 Å². The molecule has 2 aromatic carbocycles. The molecule has 2 aliphatic rings. The predicted octanol–water partition coefficient (Wildman–Crippen LogP) is 4.00. The third-order valence-electron chi connectivity index (χ3n) is 8.38. The normalized spacial score (nSPS) is 21.0. The number of amides is 4. The molecule has 0 saturated carbocycles. The highest BCUT2D eigenvalue weighted by molar-refractivity contribution is 5.94. The van der Waals surface area contributed by atoms with E-state index in [0.717, 1.165) is 11.1 Å². The van der Waals surface area contributed by atoms with Crippen LogP contribution in [0.15, 0.2) is 54.6 Å². The summed E-state index contributed by atoms with van der Waals surface area (Å²) in [5.74, 6) is -1.63. The Kier molecular flexibility index (Phi) is 10.2. The largest absolute Gasteiger partial charge is 0.444 e. The Labute approximate surface area is 264 Å². The van der Waals surface area contributed by atoms with Crippen LogP contribution in [-0.2, 0) is 30.5 Å². The second-order valence-corrected chi connectivity index (χ2v) is 13.6. The molecule has 2 aliphatic heterocycles. The van der Waals surface area contributed by atoms with Crippen LogP contribution in [0.4, 0.5) is 9.18 Å². The quantitative estimate of drug-likeness (QED) is 0.436. The first-order chi connectivity index (χ1) is 21.1. The summed E-state index contributed by atoms with van der Waals surface area (Å²) in [6.45, 7) is 9.31. The average molecular weight is 625 g/mol. The molecular weight excluding hydrogens is 579 g/mol. The van der Waals surface area contributed by atoms with Crippen molar-refractivity contribution in [2.45, 2.75) is 77.2 Å². The summed E-state index contributed by atoms with van der Waals surface area (Å²) in [6, 6.07) is 14.6. The molecule has 4 amide bonds. The Balaban J connectivity index is 1.55. The van der Waals surface area contributed by atoms with Crippen molar-refractivity contribution in [3.63, 3.8) is 0 Å². The van der Waals surface area contributed by atoms with E-state index in [1.807, 2.05) is 30.3 Å². The van der Waals surface area contributed by atoms with E-state index in [0.29, 0.717) is 25.9 Å². The van der Waals surface area contributed by atoms with Crippen molar-refractivity contribution in [2.24, 2.45) is 5.41 Å². The minimum Gasteiger partial charge on any atom is -0.444 e. The Hall–Kier alpha value is -3.99. The number of hydrogen-bond donors (Lipinski definition) is 2. The number of benzene rings is 2. The highest BCUT2D eigenvalue weighted by Crippen LogP contribution is 2.49. The molecule has 0 aliphatic carbocycles. The second-order valence-electron chi connectivity index (χ2n) is 13.6. The lowest BCUT2D eigenvalue weighted by molar-refractivity contribution is -0.147. The van der Waals surface area contributed by atoms with Crippen LogP contribution in [0.1, 0.15) is 64.5 Å². The average Bonchev–Trinajstić information content (AvgIpc) is 3.20. The van der Waals surface area contributed by atoms with Gasteiger partial charge in [-0.25, -0.2) is 9.18 Å². The van der Waals surface area contributed by atoms with Gasteiger partial charge in [-0.15, -0.1) is 0 Å². The number of ether oxygens (including phenoxy) is 2. The van der Waals surface area contributed by atoms with Gasteiger partial charge in [0.25, 0.3) is 0 Å². The van der Waals surface area contributed by atoms with Gasteiger partial charge in [0.15, 0.2) is 0 Å². The van der Waals surface area contributed by atoms with Gasteiger partial charge in [-0.2, -0.15) is 0 Å². The number of likely N-dealkylation sites (N-methyl/N-ethyl adjacent to an activating group) is 1. The summed E-state index contributed by atoms with van der Waals surface area (Å²) in [6.07, 6.45) is 0.399. The number of nitrogens with one attached hydrogen (secondary N) is 2. The molecule has 4 rings (SSSR count). The van der Waals surface area contributed by atoms with Crippen LogP contribution in [0.5, 0.6) is 0 Å². The van der Waals surface area contributed by atoms with E-state index < -0.39 is 34.6 Å². The van der Waals surface area contributed by atoms with Gasteiger partial charge < -0.3 is 29.9 Å². The summed E-state index contributed by atoms with van der Waals surface area (Å²) in [5, 5.41) is 5.38. The zero-order chi connectivity index (χ0) is 33.0. The zero-order valence-electron chi connectivity index (χ0n) is 27.0. The van der Waals surface area contributed by atoms with E-state index in [1.54, 1.807) is 49.8 Å². The molecule has 2 heterocycles. The minimum absolute atomic E-state index is 0.0575. The number of halogens is 1. The molecule has 2 unspecified atom stereocenters. The number of carbonyl (C=O) groups is 4. The molecule has 1 spiro atoms. The van der Waals surface area contributed by atoms with Crippen LogP contribution in [-0.4, -0.2) is 84.1 Å². The fraction of sp³-hybridized carbons (Fsp3) is 0.529. The molecule has 0 bridgehead atoms. The minimum atomic E-state index is -1.42. The fourth-order valence-electron chi connectivity index (χ4n) is 6.13. The first kappa shape index (κ1) is 33.9. The van der Waals surface area contributed by atoms with Crippen molar-refractivity contribution < 1.29 is 33.0 Å². The maximum absolute atomic E-state index is 14.2. The van der Waals surface area contributed by atoms with E-state index in [1.165, 1.54) is 26.0 Å². The number of likely N-dealkylation sites (tertiary alicyclic amines) is 2. The lowest BCUT2D eigenvalue weighted by Gasteiger charge is -2.43. The Bertz CT molecular complexity index is 1380. The maximum atomic E-state index is 14.2. The van der Waals surface area contributed by atoms with Crippen molar-refractivity contribution in [2.75, 3.05) is 33.3 Å². The smallest absolute Gasteiger partial charge is 0.408 e. The maximum Gasteiger partial charge on any atom is 0.408 e. The lowest BCUT2D eigenvalue weighted by atomic mass is 9.69. The summed E-state index contributed by atoms with van der Waals surface area (Å²) in [4.78, 5) is 57.1. The molecule has 2 N–H and O–H groups in total. The van der Waals surface area contributed by atoms with Crippen molar-refractivity contribution in [3.8, 4) is 0 Å². The topological polar surface area (TPSA) is 117 Å². The standard InChI is InChI=1S/C34H45FN4O6/c1-32(2,3)45-31(43)37-33(4,5)29(41)36-27(21-44-20-23-11-8-7-9-12-23)28(40)39-18-10-17-34(22-39)26(19-38(6)30(34)42)24-13-15-25(35)16-14-24/h7-9,11-16,26-27H,10,17-22H2,1-6H3,(H,36,41)(H,37,43)/t26?,27-,34?/m1/s1. The van der Waals surface area contributed by atoms with Gasteiger partial charge in [0.2, 0.25) is 17.7 Å². The van der Waals surface area contributed by atoms with Crippen molar-refractivity contribution in [1.29, 1.82) is 0 Å². The van der Waals surface area contributed by atoms with Crippen molar-refractivity contribution in [1.82, 2.24) is 20.4 Å². The molecule has 10 nitrogen and oxygen atoms in total. The Morgan fingerprint density at radius 2 is 1.71 bits per heavy atom. The first-order valence-corrected chi connectivity index (χ1v) is 15.3. The van der Waals surface area contributed by atoms with E-state index in [9.17, 15) is 23.6 Å². The molecule has 0 radical (unpaired) electrons. The molecule has 45 heavy (non-hydrogen) atoms. The van der Waals surface area contributed by atoms with Gasteiger partial charge in [0.1, 0.15) is 23.0 Å². The summed E-state index contributed by atoms with van der Waals surface area (Å²) < 4.78 is 25.0. The van der Waals surface area contributed by atoms with Crippen LogP contribution in [0, 0.1) is 11.2 Å². The molecule has 2 fully saturated rings. The molecule has 2 aromatic rings. The molecule has 3 atom stereocenters. The van der Waals surface area contributed by atoms with E-state index in [4.69, 9.17) is 9.47 Å².